The van der Waals surface area contributed by atoms with Crippen LogP contribution in [-0.4, -0.2) is 17.7 Å². The maximum Gasteiger partial charge on any atom is 0.237 e. The van der Waals surface area contributed by atoms with Gasteiger partial charge < -0.3 is 5.32 Å². The van der Waals surface area contributed by atoms with Crippen molar-refractivity contribution in [3.63, 3.8) is 0 Å². The van der Waals surface area contributed by atoms with Gasteiger partial charge in [-0.3, -0.25) is 19.3 Å². The number of rotatable bonds is 2. The minimum Gasteiger partial charge on any atom is -0.325 e. The van der Waals surface area contributed by atoms with Crippen LogP contribution in [0.5, 0.6) is 0 Å². The van der Waals surface area contributed by atoms with Crippen molar-refractivity contribution in [2.75, 3.05) is 10.2 Å². The minimum absolute atomic E-state index is 0.127. The second-order valence-electron chi connectivity index (χ2n) is 5.85. The van der Waals surface area contributed by atoms with Gasteiger partial charge in [0, 0.05) is 6.92 Å². The molecule has 3 amide bonds. The van der Waals surface area contributed by atoms with Crippen LogP contribution in [0, 0.1) is 11.8 Å². The largest absolute Gasteiger partial charge is 0.325 e. The monoisotopic (exact) mass is 320 g/mol. The van der Waals surface area contributed by atoms with E-state index in [1.807, 2.05) is 0 Å². The molecule has 0 radical (unpaired) electrons. The molecule has 0 spiro atoms. The van der Waals surface area contributed by atoms with Crippen LogP contribution >= 0.6 is 11.6 Å². The zero-order valence-corrected chi connectivity index (χ0v) is 13.0. The zero-order chi connectivity index (χ0) is 15.9. The molecule has 1 aromatic rings. The van der Waals surface area contributed by atoms with Gasteiger partial charge in [0.15, 0.2) is 0 Å². The molecule has 0 aromatic heterocycles. The van der Waals surface area contributed by atoms with Gasteiger partial charge in [-0.25, -0.2) is 0 Å². The maximum absolute atomic E-state index is 12.5. The van der Waals surface area contributed by atoms with E-state index in [0.29, 0.717) is 16.4 Å². The topological polar surface area (TPSA) is 66.5 Å². The molecule has 1 N–H and O–H groups in total. The van der Waals surface area contributed by atoms with Crippen LogP contribution in [0.3, 0.4) is 0 Å². The van der Waals surface area contributed by atoms with E-state index in [1.54, 1.807) is 18.2 Å². The maximum atomic E-state index is 12.5. The summed E-state index contributed by atoms with van der Waals surface area (Å²) in [6, 6.07) is 4.81. The number of carbonyl (C=O) groups is 3. The van der Waals surface area contributed by atoms with E-state index in [1.165, 1.54) is 11.8 Å². The van der Waals surface area contributed by atoms with Crippen molar-refractivity contribution < 1.29 is 14.4 Å². The summed E-state index contributed by atoms with van der Waals surface area (Å²) in [7, 11) is 0. The molecule has 3 rings (SSSR count). The van der Waals surface area contributed by atoms with Crippen LogP contribution in [0.15, 0.2) is 18.2 Å². The summed E-state index contributed by atoms with van der Waals surface area (Å²) in [4.78, 5) is 37.4. The number of fused-ring (bicyclic) bond motifs is 1. The molecule has 22 heavy (non-hydrogen) atoms. The van der Waals surface area contributed by atoms with E-state index < -0.39 is 0 Å². The quantitative estimate of drug-likeness (QED) is 0.852. The highest BCUT2D eigenvalue weighted by Crippen LogP contribution is 2.41. The van der Waals surface area contributed by atoms with Gasteiger partial charge in [0.1, 0.15) is 0 Å². The standard InChI is InChI=1S/C16H17ClN2O3/c1-9(20)18-14-7-6-10(8-13(14)17)19-15(21)11-4-2-3-5-12(11)16(19)22/h6-8,11-12H,2-5H2,1H3,(H,18,20)/t11-,12+. The first kappa shape index (κ1) is 15.0. The summed E-state index contributed by atoms with van der Waals surface area (Å²) < 4.78 is 0. The molecule has 0 bridgehead atoms. The van der Waals surface area contributed by atoms with Gasteiger partial charge in [0.05, 0.1) is 28.2 Å². The van der Waals surface area contributed by atoms with Gasteiger partial charge in [0.2, 0.25) is 17.7 Å². The predicted octanol–water partition coefficient (Wildman–Crippen LogP) is 2.98. The molecule has 6 heteroatoms. The second-order valence-corrected chi connectivity index (χ2v) is 6.26. The van der Waals surface area contributed by atoms with Gasteiger partial charge in [0.25, 0.3) is 0 Å². The van der Waals surface area contributed by atoms with E-state index in [-0.39, 0.29) is 29.6 Å². The summed E-state index contributed by atoms with van der Waals surface area (Å²) in [5.41, 5.74) is 0.943. The third-order valence-electron chi connectivity index (χ3n) is 4.36. The second kappa shape index (κ2) is 5.72. The number of imide groups is 1. The molecule has 0 unspecified atom stereocenters. The predicted molar refractivity (Wildman–Crippen MR) is 83.7 cm³/mol. The minimum atomic E-state index is -0.228. The fourth-order valence-corrected chi connectivity index (χ4v) is 3.57. The fourth-order valence-electron chi connectivity index (χ4n) is 3.35. The molecule has 1 saturated carbocycles. The average Bonchev–Trinajstić information content (AvgIpc) is 2.73. The van der Waals surface area contributed by atoms with Crippen LogP contribution in [-0.2, 0) is 14.4 Å². The Morgan fingerprint density at radius 1 is 1.18 bits per heavy atom. The lowest BCUT2D eigenvalue weighted by atomic mass is 9.81. The highest BCUT2D eigenvalue weighted by atomic mass is 35.5. The first-order chi connectivity index (χ1) is 10.5. The lowest BCUT2D eigenvalue weighted by molar-refractivity contribution is -0.122. The SMILES string of the molecule is CC(=O)Nc1ccc(N2C(=O)[C@H]3CCCC[C@H]3C2=O)cc1Cl. The van der Waals surface area contributed by atoms with Crippen molar-refractivity contribution in [1.29, 1.82) is 0 Å². The average molecular weight is 321 g/mol. The normalized spacial score (nSPS) is 24.4. The van der Waals surface area contributed by atoms with E-state index in [2.05, 4.69) is 5.32 Å². The number of halogens is 1. The summed E-state index contributed by atoms with van der Waals surface area (Å²) in [5, 5.41) is 2.91. The Morgan fingerprint density at radius 2 is 1.77 bits per heavy atom. The van der Waals surface area contributed by atoms with Crippen molar-refractivity contribution in [2.24, 2.45) is 11.8 Å². The van der Waals surface area contributed by atoms with Gasteiger partial charge in [-0.1, -0.05) is 24.4 Å². The van der Waals surface area contributed by atoms with Crippen LogP contribution < -0.4 is 10.2 Å². The molecule has 1 saturated heterocycles. The fraction of sp³-hybridized carbons (Fsp3) is 0.438. The van der Waals surface area contributed by atoms with E-state index in [9.17, 15) is 14.4 Å². The molecule has 1 heterocycles. The lowest BCUT2D eigenvalue weighted by Crippen LogP contribution is -2.30. The molecule has 1 aliphatic heterocycles. The molecular formula is C16H17ClN2O3. The van der Waals surface area contributed by atoms with Gasteiger partial charge in [-0.2, -0.15) is 0 Å². The summed E-state index contributed by atoms with van der Waals surface area (Å²) in [6.45, 7) is 1.39. The molecular weight excluding hydrogens is 304 g/mol. The third kappa shape index (κ3) is 2.50. The van der Waals surface area contributed by atoms with Crippen molar-refractivity contribution >= 4 is 40.7 Å². The Labute approximate surface area is 133 Å². The molecule has 2 atom stereocenters. The van der Waals surface area contributed by atoms with Crippen LogP contribution in [0.2, 0.25) is 5.02 Å². The number of amides is 3. The summed E-state index contributed by atoms with van der Waals surface area (Å²) >= 11 is 6.14. The first-order valence-corrected chi connectivity index (χ1v) is 7.82. The highest BCUT2D eigenvalue weighted by molar-refractivity contribution is 6.34. The van der Waals surface area contributed by atoms with Gasteiger partial charge >= 0.3 is 0 Å². The number of anilines is 2. The Kier molecular flexibility index (Phi) is 3.91. The van der Waals surface area contributed by atoms with E-state index in [4.69, 9.17) is 11.6 Å². The summed E-state index contributed by atoms with van der Waals surface area (Å²) in [6.07, 6.45) is 3.55. The number of hydrogen-bond acceptors (Lipinski definition) is 3. The summed E-state index contributed by atoms with van der Waals surface area (Å²) in [5.74, 6) is -0.852. The molecule has 1 aromatic carbocycles. The molecule has 5 nitrogen and oxygen atoms in total. The van der Waals surface area contributed by atoms with Crippen LogP contribution in [0.25, 0.3) is 0 Å². The van der Waals surface area contributed by atoms with Crippen molar-refractivity contribution in [2.45, 2.75) is 32.6 Å². The Bertz CT molecular complexity index is 635. The van der Waals surface area contributed by atoms with Gasteiger partial charge in [-0.15, -0.1) is 0 Å². The van der Waals surface area contributed by atoms with E-state index in [0.717, 1.165) is 25.7 Å². The number of nitrogens with zero attached hydrogens (tertiary/aromatic N) is 1. The van der Waals surface area contributed by atoms with Crippen molar-refractivity contribution in [1.82, 2.24) is 0 Å². The Morgan fingerprint density at radius 3 is 2.27 bits per heavy atom. The number of carbonyl (C=O) groups excluding carboxylic acids is 3. The molecule has 2 fully saturated rings. The van der Waals surface area contributed by atoms with Crippen LogP contribution in [0.4, 0.5) is 11.4 Å². The Balaban J connectivity index is 1.90. The Hall–Kier alpha value is -1.88. The molecule has 2 aliphatic rings. The number of nitrogens with one attached hydrogen (secondary N) is 1. The zero-order valence-electron chi connectivity index (χ0n) is 12.3. The number of benzene rings is 1. The first-order valence-electron chi connectivity index (χ1n) is 7.44. The van der Waals surface area contributed by atoms with Gasteiger partial charge in [-0.05, 0) is 31.0 Å². The third-order valence-corrected chi connectivity index (χ3v) is 4.68. The smallest absolute Gasteiger partial charge is 0.237 e. The van der Waals surface area contributed by atoms with E-state index >= 15 is 0 Å². The highest BCUT2D eigenvalue weighted by Gasteiger charge is 2.48. The molecule has 116 valence electrons. The molecule has 1 aliphatic carbocycles. The van der Waals surface area contributed by atoms with Crippen LogP contribution in [0.1, 0.15) is 32.6 Å². The van der Waals surface area contributed by atoms with Crippen molar-refractivity contribution in [3.05, 3.63) is 23.2 Å². The number of hydrogen-bond donors (Lipinski definition) is 1. The van der Waals surface area contributed by atoms with Crippen molar-refractivity contribution in [3.8, 4) is 0 Å². The lowest BCUT2D eigenvalue weighted by Gasteiger charge is -2.19.